The highest BCUT2D eigenvalue weighted by molar-refractivity contribution is 6.22. The van der Waals surface area contributed by atoms with Gasteiger partial charge in [-0.2, -0.15) is 0 Å². The summed E-state index contributed by atoms with van der Waals surface area (Å²) >= 11 is 0. The van der Waals surface area contributed by atoms with Crippen LogP contribution >= 0.6 is 0 Å². The summed E-state index contributed by atoms with van der Waals surface area (Å²) in [6.07, 6.45) is 2.30. The van der Waals surface area contributed by atoms with Gasteiger partial charge in [-0.05, 0) is 86.8 Å². The summed E-state index contributed by atoms with van der Waals surface area (Å²) in [4.78, 5) is 5.49. The molecular weight excluding hydrogens is 777 g/mol. The van der Waals surface area contributed by atoms with E-state index in [1.54, 1.807) is 0 Å². The number of nitrogens with one attached hydrogen (secondary N) is 1. The highest BCUT2D eigenvalue weighted by Crippen LogP contribution is 2.41. The molecule has 0 radical (unpaired) electrons. The third kappa shape index (κ3) is 5.80. The Balaban J connectivity index is 1.09. The summed E-state index contributed by atoms with van der Waals surface area (Å²) in [6, 6.07) is 81.2. The second-order valence-electron chi connectivity index (χ2n) is 16.8. The zero-order chi connectivity index (χ0) is 42.1. The number of hydrogen-bond acceptors (Lipinski definition) is 2. The van der Waals surface area contributed by atoms with Crippen molar-refractivity contribution in [1.82, 2.24) is 14.5 Å². The highest BCUT2D eigenvalue weighted by Gasteiger charge is 2.23. The molecule has 0 saturated heterocycles. The largest absolute Gasteiger partial charge is 0.359 e. The molecule has 2 aromatic heterocycles. The third-order valence-corrected chi connectivity index (χ3v) is 13.1. The molecule has 64 heavy (non-hydrogen) atoms. The molecule has 1 aliphatic rings. The Bertz CT molecular complexity index is 3680. The maximum absolute atomic E-state index is 5.49. The molecule has 10 aromatic carbocycles. The number of rotatable bonds is 6. The van der Waals surface area contributed by atoms with Gasteiger partial charge in [-0.25, -0.2) is 4.99 Å². The van der Waals surface area contributed by atoms with Crippen LogP contribution in [0.3, 0.4) is 0 Å². The minimum Gasteiger partial charge on any atom is -0.359 e. The van der Waals surface area contributed by atoms with Crippen LogP contribution in [0.2, 0.25) is 0 Å². The van der Waals surface area contributed by atoms with Crippen molar-refractivity contribution in [3.63, 3.8) is 0 Å². The molecule has 300 valence electrons. The van der Waals surface area contributed by atoms with E-state index >= 15 is 0 Å². The van der Waals surface area contributed by atoms with Gasteiger partial charge < -0.3 is 14.5 Å². The van der Waals surface area contributed by atoms with E-state index in [1.165, 1.54) is 70.8 Å². The summed E-state index contributed by atoms with van der Waals surface area (Å²) in [5.74, 6) is 0.842. The van der Waals surface area contributed by atoms with Crippen LogP contribution < -0.4 is 5.32 Å². The topological polar surface area (TPSA) is 34.2 Å². The van der Waals surface area contributed by atoms with Gasteiger partial charge in [0.05, 0.1) is 33.8 Å². The molecule has 0 spiro atoms. The summed E-state index contributed by atoms with van der Waals surface area (Å²) < 4.78 is 4.91. The van der Waals surface area contributed by atoms with E-state index in [-0.39, 0.29) is 6.04 Å². The zero-order valence-electron chi connectivity index (χ0n) is 34.9. The van der Waals surface area contributed by atoms with Gasteiger partial charge in [0.25, 0.3) is 0 Å². The number of hydrogen-bond donors (Lipinski definition) is 1. The van der Waals surface area contributed by atoms with Gasteiger partial charge in [0.15, 0.2) is 0 Å². The fraction of sp³-hybridized carbons (Fsp3) is 0.0167. The Hall–Kier alpha value is -8.47. The third-order valence-electron chi connectivity index (χ3n) is 13.1. The lowest BCUT2D eigenvalue weighted by Crippen LogP contribution is -2.31. The van der Waals surface area contributed by atoms with E-state index in [9.17, 15) is 0 Å². The SMILES string of the molecule is C1=C(c2cc(-n3c4ccccc4c4c5ccccc5ccc43)cc(-n3c4ccccc4c4c5ccccc5ccc43)c2)N=C(c2ccccc2)NC1c1ccc(-c2ccccc2)cc1. The zero-order valence-corrected chi connectivity index (χ0v) is 34.9. The van der Waals surface area contributed by atoms with Crippen LogP contribution in [0.1, 0.15) is 22.7 Å². The number of para-hydroxylation sites is 2. The fourth-order valence-electron chi connectivity index (χ4n) is 10.2. The van der Waals surface area contributed by atoms with E-state index in [4.69, 9.17) is 4.99 Å². The normalized spacial score (nSPS) is 14.1. The Labute approximate surface area is 370 Å². The first-order valence-corrected chi connectivity index (χ1v) is 22.0. The van der Waals surface area contributed by atoms with Gasteiger partial charge in [-0.1, -0.05) is 182 Å². The lowest BCUT2D eigenvalue weighted by Gasteiger charge is -2.25. The number of nitrogens with zero attached hydrogens (tertiary/aromatic N) is 3. The molecule has 4 heteroatoms. The van der Waals surface area contributed by atoms with Crippen molar-refractivity contribution in [2.24, 2.45) is 4.99 Å². The Morgan fingerprint density at radius 2 is 0.828 bits per heavy atom. The van der Waals surface area contributed by atoms with E-state index in [0.29, 0.717) is 0 Å². The van der Waals surface area contributed by atoms with Gasteiger partial charge in [-0.3, -0.25) is 0 Å². The van der Waals surface area contributed by atoms with Gasteiger partial charge in [0.2, 0.25) is 0 Å². The second-order valence-corrected chi connectivity index (χ2v) is 16.8. The maximum Gasteiger partial charge on any atom is 0.134 e. The first-order valence-electron chi connectivity index (χ1n) is 22.0. The standard InChI is InChI=1S/C60H40N4/c1-3-15-39(16-4-1)40-27-29-43(30-28-40)52-38-53(62-60(61-52)44-19-5-2-6-20-44)45-35-46(63-54-25-13-11-23-50(54)58-48-21-9-7-17-41(48)31-33-56(58)63)37-47(36-45)64-55-26-14-12-24-51(55)59-49-22-10-8-18-42(49)32-34-57(59)64/h1-38,52H,(H,61,62). The summed E-state index contributed by atoms with van der Waals surface area (Å²) in [5, 5.41) is 13.8. The molecule has 0 bridgehead atoms. The van der Waals surface area contributed by atoms with Gasteiger partial charge in [-0.15, -0.1) is 0 Å². The molecule has 12 aromatic rings. The van der Waals surface area contributed by atoms with E-state index in [1.807, 2.05) is 0 Å². The molecular formula is C60H40N4. The van der Waals surface area contributed by atoms with E-state index in [2.05, 4.69) is 245 Å². The Morgan fingerprint density at radius 3 is 1.39 bits per heavy atom. The molecule has 1 N–H and O–H groups in total. The van der Waals surface area contributed by atoms with Crippen molar-refractivity contribution in [1.29, 1.82) is 0 Å². The van der Waals surface area contributed by atoms with Gasteiger partial charge >= 0.3 is 0 Å². The number of aromatic nitrogens is 2. The van der Waals surface area contributed by atoms with Crippen LogP contribution in [0.5, 0.6) is 0 Å². The van der Waals surface area contributed by atoms with Crippen molar-refractivity contribution < 1.29 is 0 Å². The molecule has 3 heterocycles. The smallest absolute Gasteiger partial charge is 0.134 e. The predicted molar refractivity (Wildman–Crippen MR) is 269 cm³/mol. The Kier molecular flexibility index (Phi) is 8.25. The lowest BCUT2D eigenvalue weighted by molar-refractivity contribution is 0.781. The first kappa shape index (κ1) is 36.2. The molecule has 4 nitrogen and oxygen atoms in total. The molecule has 1 unspecified atom stereocenters. The maximum atomic E-state index is 5.49. The predicted octanol–water partition coefficient (Wildman–Crippen LogP) is 15.0. The molecule has 1 aliphatic heterocycles. The monoisotopic (exact) mass is 816 g/mol. The summed E-state index contributed by atoms with van der Waals surface area (Å²) in [5.41, 5.74) is 13.3. The van der Waals surface area contributed by atoms with Crippen LogP contribution in [0.4, 0.5) is 0 Å². The van der Waals surface area contributed by atoms with Crippen molar-refractivity contribution in [2.45, 2.75) is 6.04 Å². The average molecular weight is 817 g/mol. The molecule has 0 saturated carbocycles. The summed E-state index contributed by atoms with van der Waals surface area (Å²) in [7, 11) is 0. The number of aliphatic imine (C=N–C) groups is 1. The molecule has 0 aliphatic carbocycles. The van der Waals surface area contributed by atoms with Crippen molar-refractivity contribution in [3.8, 4) is 22.5 Å². The number of amidine groups is 1. The fourth-order valence-corrected chi connectivity index (χ4v) is 10.2. The molecule has 0 fully saturated rings. The first-order chi connectivity index (χ1) is 31.7. The van der Waals surface area contributed by atoms with Crippen LogP contribution in [-0.4, -0.2) is 15.0 Å². The van der Waals surface area contributed by atoms with Crippen LogP contribution in [0, 0.1) is 0 Å². The molecule has 13 rings (SSSR count). The van der Waals surface area contributed by atoms with Crippen LogP contribution in [-0.2, 0) is 0 Å². The number of fused-ring (bicyclic) bond motifs is 10. The number of benzene rings is 10. The van der Waals surface area contributed by atoms with E-state index < -0.39 is 0 Å². The second kappa shape index (κ2) is 14.6. The van der Waals surface area contributed by atoms with E-state index in [0.717, 1.165) is 45.1 Å². The van der Waals surface area contributed by atoms with Crippen molar-refractivity contribution in [2.75, 3.05) is 0 Å². The quantitative estimate of drug-likeness (QED) is 0.178. The van der Waals surface area contributed by atoms with Crippen LogP contribution in [0.25, 0.3) is 93.4 Å². The van der Waals surface area contributed by atoms with Crippen molar-refractivity contribution >= 4 is 76.7 Å². The van der Waals surface area contributed by atoms with Crippen LogP contribution in [0.15, 0.2) is 236 Å². The molecule has 1 atom stereocenters. The van der Waals surface area contributed by atoms with Crippen molar-refractivity contribution in [3.05, 3.63) is 247 Å². The lowest BCUT2D eigenvalue weighted by atomic mass is 9.97. The highest BCUT2D eigenvalue weighted by atomic mass is 15.1. The molecule has 0 amide bonds. The average Bonchev–Trinajstić information content (AvgIpc) is 3.90. The summed E-state index contributed by atoms with van der Waals surface area (Å²) in [6.45, 7) is 0. The van der Waals surface area contributed by atoms with Gasteiger partial charge in [0, 0.05) is 44.0 Å². The Morgan fingerprint density at radius 1 is 0.359 bits per heavy atom. The minimum absolute atomic E-state index is 0.126. The minimum atomic E-state index is -0.126. The van der Waals surface area contributed by atoms with Gasteiger partial charge in [0.1, 0.15) is 5.84 Å².